The van der Waals surface area contributed by atoms with Gasteiger partial charge in [0.2, 0.25) is 0 Å². The van der Waals surface area contributed by atoms with Gasteiger partial charge in [0.25, 0.3) is 0 Å². The minimum absolute atomic E-state index is 0.106. The molecule has 0 aliphatic heterocycles. The Morgan fingerprint density at radius 2 is 1.52 bits per heavy atom. The molecule has 0 amide bonds. The van der Waals surface area contributed by atoms with Gasteiger partial charge in [0, 0.05) is 12.8 Å². The van der Waals surface area contributed by atoms with E-state index in [1.807, 2.05) is 13.8 Å². The summed E-state index contributed by atoms with van der Waals surface area (Å²) < 4.78 is 26.1. The SMILES string of the molecule is CCCCOC(=O)Oc1ccc(C[C@](N)(C[C@H](C)OC(=O)C2CCCCC2)C(=O)O)cc1OC(=O)OCCCC. The number of carboxylic acid groups (broad SMARTS) is 1. The number of ether oxygens (including phenoxy) is 5. The van der Waals surface area contributed by atoms with Crippen molar-refractivity contribution in [2.24, 2.45) is 11.7 Å². The number of benzene rings is 1. The average molecular weight is 566 g/mol. The summed E-state index contributed by atoms with van der Waals surface area (Å²) in [5.74, 6) is -2.05. The van der Waals surface area contributed by atoms with Crippen molar-refractivity contribution < 1.29 is 48.0 Å². The maximum Gasteiger partial charge on any atom is 0.513 e. The number of carbonyl (C=O) groups is 4. The lowest BCUT2D eigenvalue weighted by Crippen LogP contribution is -2.52. The molecule has 0 aromatic heterocycles. The molecule has 2 atom stereocenters. The van der Waals surface area contributed by atoms with Crippen LogP contribution in [0.3, 0.4) is 0 Å². The Bertz CT molecular complexity index is 991. The monoisotopic (exact) mass is 565 g/mol. The van der Waals surface area contributed by atoms with E-state index in [2.05, 4.69) is 0 Å². The van der Waals surface area contributed by atoms with E-state index in [9.17, 15) is 24.3 Å². The van der Waals surface area contributed by atoms with Crippen LogP contribution in [0.5, 0.6) is 11.5 Å². The Labute approximate surface area is 235 Å². The van der Waals surface area contributed by atoms with E-state index in [1.165, 1.54) is 18.2 Å². The molecule has 2 rings (SSSR count). The van der Waals surface area contributed by atoms with Crippen molar-refractivity contribution in [2.45, 2.75) is 103 Å². The quantitative estimate of drug-likeness (QED) is 0.119. The van der Waals surface area contributed by atoms with Gasteiger partial charge in [-0.2, -0.15) is 0 Å². The van der Waals surface area contributed by atoms with Gasteiger partial charge in [-0.25, -0.2) is 9.59 Å². The summed E-state index contributed by atoms with van der Waals surface area (Å²) in [4.78, 5) is 49.1. The van der Waals surface area contributed by atoms with E-state index in [-0.39, 0.29) is 49.4 Å². The molecule has 0 heterocycles. The van der Waals surface area contributed by atoms with Gasteiger partial charge in [-0.1, -0.05) is 52.0 Å². The van der Waals surface area contributed by atoms with Crippen LogP contribution in [0, 0.1) is 5.92 Å². The molecule has 3 N–H and O–H groups in total. The third-order valence-corrected chi connectivity index (χ3v) is 6.68. The van der Waals surface area contributed by atoms with E-state index in [0.29, 0.717) is 18.4 Å². The lowest BCUT2D eigenvalue weighted by molar-refractivity contribution is -0.158. The van der Waals surface area contributed by atoms with Crippen molar-refractivity contribution in [2.75, 3.05) is 13.2 Å². The lowest BCUT2D eigenvalue weighted by atomic mass is 9.86. The summed E-state index contributed by atoms with van der Waals surface area (Å²) in [7, 11) is 0. The maximum atomic E-state index is 12.6. The minimum atomic E-state index is -1.80. The molecule has 0 unspecified atom stereocenters. The molecule has 0 radical (unpaired) electrons. The minimum Gasteiger partial charge on any atom is -0.480 e. The Morgan fingerprint density at radius 1 is 0.950 bits per heavy atom. The smallest absolute Gasteiger partial charge is 0.480 e. The largest absolute Gasteiger partial charge is 0.513 e. The topological polar surface area (TPSA) is 161 Å². The molecule has 1 saturated carbocycles. The first-order chi connectivity index (χ1) is 19.1. The first kappa shape index (κ1) is 32.9. The van der Waals surface area contributed by atoms with Crippen LogP contribution in [0.15, 0.2) is 18.2 Å². The van der Waals surface area contributed by atoms with Crippen molar-refractivity contribution in [1.82, 2.24) is 0 Å². The van der Waals surface area contributed by atoms with Gasteiger partial charge in [0.05, 0.1) is 19.1 Å². The number of hydrogen-bond acceptors (Lipinski definition) is 10. The first-order valence-electron chi connectivity index (χ1n) is 14.1. The van der Waals surface area contributed by atoms with Gasteiger partial charge in [-0.05, 0) is 50.3 Å². The predicted octanol–water partition coefficient (Wildman–Crippen LogP) is 5.54. The molecule has 1 aliphatic rings. The summed E-state index contributed by atoms with van der Waals surface area (Å²) in [5, 5.41) is 9.98. The number of carbonyl (C=O) groups excluding carboxylic acids is 3. The maximum absolute atomic E-state index is 12.6. The van der Waals surface area contributed by atoms with Crippen molar-refractivity contribution >= 4 is 24.2 Å². The number of hydrogen-bond donors (Lipinski definition) is 2. The Hall–Kier alpha value is -3.34. The molecule has 40 heavy (non-hydrogen) atoms. The van der Waals surface area contributed by atoms with Crippen molar-refractivity contribution in [3.05, 3.63) is 23.8 Å². The first-order valence-corrected chi connectivity index (χ1v) is 14.1. The van der Waals surface area contributed by atoms with Crippen LogP contribution >= 0.6 is 0 Å². The highest BCUT2D eigenvalue weighted by molar-refractivity contribution is 5.79. The zero-order valence-corrected chi connectivity index (χ0v) is 23.8. The number of aliphatic carboxylic acids is 1. The van der Waals surface area contributed by atoms with E-state index < -0.39 is 29.9 Å². The number of rotatable bonds is 15. The van der Waals surface area contributed by atoms with E-state index in [1.54, 1.807) is 6.92 Å². The highest BCUT2D eigenvalue weighted by atomic mass is 16.7. The number of esters is 1. The lowest BCUT2D eigenvalue weighted by Gasteiger charge is -2.29. The second-order valence-corrected chi connectivity index (χ2v) is 10.3. The van der Waals surface area contributed by atoms with Crippen LogP contribution in [0.1, 0.15) is 90.5 Å². The van der Waals surface area contributed by atoms with E-state index in [4.69, 9.17) is 29.4 Å². The Balaban J connectivity index is 2.17. The van der Waals surface area contributed by atoms with Crippen LogP contribution < -0.4 is 15.2 Å². The summed E-state index contributed by atoms with van der Waals surface area (Å²) >= 11 is 0. The van der Waals surface area contributed by atoms with Crippen LogP contribution in [-0.4, -0.2) is 54.2 Å². The zero-order chi connectivity index (χ0) is 29.5. The normalized spacial score (nSPS) is 15.8. The van der Waals surface area contributed by atoms with Gasteiger partial charge in [-0.3, -0.25) is 9.59 Å². The second-order valence-electron chi connectivity index (χ2n) is 10.3. The number of unbranched alkanes of at least 4 members (excludes halogenated alkanes) is 2. The molecule has 1 aromatic carbocycles. The Morgan fingerprint density at radius 3 is 2.08 bits per heavy atom. The molecule has 1 fully saturated rings. The molecule has 1 aromatic rings. The summed E-state index contributed by atoms with van der Waals surface area (Å²) in [5.41, 5.74) is 4.91. The van der Waals surface area contributed by atoms with Crippen molar-refractivity contribution in [3.63, 3.8) is 0 Å². The highest BCUT2D eigenvalue weighted by Gasteiger charge is 2.38. The molecule has 0 bridgehead atoms. The van der Waals surface area contributed by atoms with E-state index in [0.717, 1.165) is 44.9 Å². The Kier molecular flexibility index (Phi) is 13.7. The van der Waals surface area contributed by atoms with Crippen LogP contribution in [0.2, 0.25) is 0 Å². The van der Waals surface area contributed by atoms with E-state index >= 15 is 0 Å². The van der Waals surface area contributed by atoms with Crippen molar-refractivity contribution in [1.29, 1.82) is 0 Å². The van der Waals surface area contributed by atoms with Gasteiger partial charge >= 0.3 is 24.2 Å². The van der Waals surface area contributed by atoms with Crippen LogP contribution in [-0.2, 0) is 30.2 Å². The van der Waals surface area contributed by atoms with Gasteiger partial charge in [0.1, 0.15) is 11.6 Å². The fraction of sp³-hybridized carbons (Fsp3) is 0.655. The van der Waals surface area contributed by atoms with Crippen LogP contribution in [0.25, 0.3) is 0 Å². The van der Waals surface area contributed by atoms with Crippen LogP contribution in [0.4, 0.5) is 9.59 Å². The van der Waals surface area contributed by atoms with Gasteiger partial charge in [0.15, 0.2) is 11.5 Å². The summed E-state index contributed by atoms with van der Waals surface area (Å²) in [6.07, 6.45) is 4.45. The molecular weight excluding hydrogens is 522 g/mol. The molecule has 0 spiro atoms. The molecule has 11 heteroatoms. The molecule has 11 nitrogen and oxygen atoms in total. The molecule has 224 valence electrons. The summed E-state index contributed by atoms with van der Waals surface area (Å²) in [6, 6.07) is 4.23. The number of nitrogens with two attached hydrogens (primary N) is 1. The third kappa shape index (κ3) is 11.0. The molecule has 1 aliphatic carbocycles. The standard InChI is InChI=1S/C29H43NO10/c1-4-6-15-36-27(34)39-23-14-13-21(17-24(23)40-28(35)37-16-7-5-2)19-29(30,26(32)33)18-20(3)38-25(31)22-11-9-8-10-12-22/h13-14,17,20,22H,4-12,15-16,18-19,30H2,1-3H3,(H,32,33)/t20-,29+/m0/s1. The van der Waals surface area contributed by atoms with Gasteiger partial charge in [-0.15, -0.1) is 0 Å². The second kappa shape index (κ2) is 16.7. The predicted molar refractivity (Wildman–Crippen MR) is 145 cm³/mol. The average Bonchev–Trinajstić information content (AvgIpc) is 2.90. The zero-order valence-electron chi connectivity index (χ0n) is 23.8. The molecular formula is C29H43NO10. The third-order valence-electron chi connectivity index (χ3n) is 6.68. The van der Waals surface area contributed by atoms with Gasteiger partial charge < -0.3 is 34.5 Å². The van der Waals surface area contributed by atoms with Crippen molar-refractivity contribution in [3.8, 4) is 11.5 Å². The fourth-order valence-corrected chi connectivity index (χ4v) is 4.45. The molecule has 0 saturated heterocycles. The number of carboxylic acids is 1. The summed E-state index contributed by atoms with van der Waals surface area (Å²) in [6.45, 7) is 5.81. The highest BCUT2D eigenvalue weighted by Crippen LogP contribution is 2.32. The fourth-order valence-electron chi connectivity index (χ4n) is 4.45.